The van der Waals surface area contributed by atoms with E-state index < -0.39 is 62.3 Å². The van der Waals surface area contributed by atoms with Crippen LogP contribution in [0.2, 0.25) is 0 Å². The molecule has 0 saturated carbocycles. The minimum atomic E-state index is -6.55. The van der Waals surface area contributed by atoms with Gasteiger partial charge in [-0.1, -0.05) is 60.1 Å². The topological polar surface area (TPSA) is 107 Å². The summed E-state index contributed by atoms with van der Waals surface area (Å²) >= 11 is 0. The molecular weight excluding hydrogens is 579 g/mol. The molecule has 0 aromatic heterocycles. The number of ether oxygens (including phenoxy) is 2. The van der Waals surface area contributed by atoms with Crippen molar-refractivity contribution in [2.75, 3.05) is 5.75 Å². The molecule has 0 unspecified atom stereocenters. The van der Waals surface area contributed by atoms with Crippen LogP contribution in [0.1, 0.15) is 31.8 Å². The van der Waals surface area contributed by atoms with Crippen LogP contribution < -0.4 is 10.2 Å². The minimum Gasteiger partial charge on any atom is -0.435 e. The summed E-state index contributed by atoms with van der Waals surface area (Å²) in [5, 5.41) is -0.500. The monoisotopic (exact) mass is 594 g/mol. The van der Waals surface area contributed by atoms with E-state index >= 15 is 0 Å². The van der Waals surface area contributed by atoms with E-state index in [1.54, 1.807) is 0 Å². The lowest BCUT2D eigenvalue weighted by Gasteiger charge is -2.35. The van der Waals surface area contributed by atoms with Gasteiger partial charge in [-0.2, -0.15) is 34.8 Å². The fraction of sp³-hybridized carbons (Fsp3) is 0.250. The number of hydrogen-bond acceptors (Lipinski definition) is 6. The molecule has 0 saturated heterocycles. The third kappa shape index (κ3) is 6.56. The van der Waals surface area contributed by atoms with Gasteiger partial charge in [0.05, 0.1) is 26.8 Å². The van der Waals surface area contributed by atoms with Crippen LogP contribution in [0, 0.1) is 0 Å². The van der Waals surface area contributed by atoms with Gasteiger partial charge < -0.3 is 9.47 Å². The third-order valence-corrected chi connectivity index (χ3v) is 6.59. The highest BCUT2D eigenvalue weighted by atomic mass is 32.2. The SMILES string of the molecule is [B]Cc1cc([B])c(OC(=O)c2cccc3cccc(C(=O)OC(CS(=O)(=O)O)(C(F)(F)F)C(F)(F)F)c23)c(C[B])c1. The highest BCUT2D eigenvalue weighted by Gasteiger charge is 2.76. The Morgan fingerprint density at radius 1 is 0.854 bits per heavy atom. The second-order valence-corrected chi connectivity index (χ2v) is 10.1. The molecule has 3 aromatic carbocycles. The van der Waals surface area contributed by atoms with Crippen LogP contribution in [-0.4, -0.2) is 72.2 Å². The summed E-state index contributed by atoms with van der Waals surface area (Å²) < 4.78 is 123. The molecule has 210 valence electrons. The molecule has 0 atom stereocenters. The molecule has 0 aliphatic carbocycles. The molecule has 17 heteroatoms. The van der Waals surface area contributed by atoms with Crippen molar-refractivity contribution in [3.05, 3.63) is 70.8 Å². The molecule has 0 spiro atoms. The van der Waals surface area contributed by atoms with E-state index in [9.17, 15) is 44.3 Å². The van der Waals surface area contributed by atoms with Crippen molar-refractivity contribution in [1.29, 1.82) is 0 Å². The Labute approximate surface area is 233 Å². The Balaban J connectivity index is 2.17. The number of esters is 2. The van der Waals surface area contributed by atoms with Crippen LogP contribution in [-0.2, 0) is 27.5 Å². The predicted octanol–water partition coefficient (Wildman–Crippen LogP) is 3.10. The van der Waals surface area contributed by atoms with Gasteiger partial charge in [-0.15, -0.1) is 0 Å². The van der Waals surface area contributed by atoms with Gasteiger partial charge in [-0.25, -0.2) is 9.59 Å². The van der Waals surface area contributed by atoms with Gasteiger partial charge in [0.15, 0.2) is 0 Å². The van der Waals surface area contributed by atoms with Crippen molar-refractivity contribution in [3.8, 4) is 5.75 Å². The van der Waals surface area contributed by atoms with Gasteiger partial charge >= 0.3 is 29.9 Å². The summed E-state index contributed by atoms with van der Waals surface area (Å²) in [5.41, 5.74) is -6.41. The maximum atomic E-state index is 13.7. The first kappa shape index (κ1) is 32.1. The number of fused-ring (bicyclic) bond motifs is 1. The average Bonchev–Trinajstić information content (AvgIpc) is 2.86. The summed E-state index contributed by atoms with van der Waals surface area (Å²) in [4.78, 5) is 26.1. The van der Waals surface area contributed by atoms with Gasteiger partial charge in [-0.05, 0) is 23.1 Å². The second kappa shape index (κ2) is 11.4. The Morgan fingerprint density at radius 3 is 1.85 bits per heavy atom. The molecule has 3 rings (SSSR count). The van der Waals surface area contributed by atoms with Crippen LogP contribution in [0.5, 0.6) is 5.75 Å². The van der Waals surface area contributed by atoms with Gasteiger partial charge in [-0.3, -0.25) is 4.55 Å². The largest absolute Gasteiger partial charge is 0.438 e. The first-order valence-corrected chi connectivity index (χ1v) is 12.8. The Hall–Kier alpha value is -3.46. The molecule has 0 amide bonds. The van der Waals surface area contributed by atoms with Gasteiger partial charge in [0.25, 0.3) is 10.1 Å². The van der Waals surface area contributed by atoms with E-state index in [1.807, 2.05) is 0 Å². The van der Waals surface area contributed by atoms with E-state index in [2.05, 4.69) is 4.74 Å². The molecule has 0 aliphatic heterocycles. The first-order chi connectivity index (χ1) is 18.8. The average molecular weight is 594 g/mol. The van der Waals surface area contributed by atoms with Gasteiger partial charge in [0.1, 0.15) is 19.3 Å². The smallest absolute Gasteiger partial charge is 0.435 e. The zero-order valence-corrected chi connectivity index (χ0v) is 21.4. The number of alkyl halides is 6. The van der Waals surface area contributed by atoms with E-state index in [0.29, 0.717) is 5.56 Å². The van der Waals surface area contributed by atoms with E-state index in [4.69, 9.17) is 32.8 Å². The van der Waals surface area contributed by atoms with Crippen molar-refractivity contribution in [2.45, 2.75) is 30.6 Å². The zero-order valence-electron chi connectivity index (χ0n) is 20.5. The molecule has 6 radical (unpaired) electrons. The van der Waals surface area contributed by atoms with Crippen LogP contribution >= 0.6 is 0 Å². The highest BCUT2D eigenvalue weighted by molar-refractivity contribution is 7.85. The number of carbonyl (C=O) groups is 2. The maximum Gasteiger partial charge on any atom is 0.438 e. The van der Waals surface area contributed by atoms with Crippen molar-refractivity contribution >= 4 is 61.8 Å². The standard InChI is InChI=1S/C24H15B3F6O7S/c25-9-12-7-14(10-26)19(17(27)8-12)39-20(34)15-5-1-3-13-4-2-6-16(18(13)15)21(35)40-22(23(28,29)30,24(31,32)33)11-41(36,37)38/h1-8H,9-11H2,(H,36,37,38). The molecule has 7 nitrogen and oxygen atoms in total. The lowest BCUT2D eigenvalue weighted by Crippen LogP contribution is -2.63. The molecule has 0 heterocycles. The summed E-state index contributed by atoms with van der Waals surface area (Å²) in [5.74, 6) is -6.80. The van der Waals surface area contributed by atoms with E-state index in [-0.39, 0.29) is 34.8 Å². The van der Waals surface area contributed by atoms with Crippen LogP contribution in [0.25, 0.3) is 10.8 Å². The first-order valence-electron chi connectivity index (χ1n) is 11.2. The van der Waals surface area contributed by atoms with Crippen molar-refractivity contribution in [3.63, 3.8) is 0 Å². The third-order valence-electron chi connectivity index (χ3n) is 5.82. The molecule has 1 N–H and O–H groups in total. The minimum absolute atomic E-state index is 0.0150. The number of benzene rings is 3. The van der Waals surface area contributed by atoms with Crippen LogP contribution in [0.15, 0.2) is 48.5 Å². The molecule has 0 bridgehead atoms. The highest BCUT2D eigenvalue weighted by Crippen LogP contribution is 2.47. The maximum absolute atomic E-state index is 13.7. The Kier molecular flexibility index (Phi) is 8.94. The van der Waals surface area contributed by atoms with Gasteiger partial charge in [0.2, 0.25) is 0 Å². The summed E-state index contributed by atoms with van der Waals surface area (Å²) in [6.07, 6.45) is -13.2. The lowest BCUT2D eigenvalue weighted by molar-refractivity contribution is -0.356. The Bertz CT molecular complexity index is 1590. The van der Waals surface area contributed by atoms with Gasteiger partial charge in [0, 0.05) is 5.39 Å². The quantitative estimate of drug-likeness (QED) is 0.141. The number of hydrogen-bond donors (Lipinski definition) is 1. The summed E-state index contributed by atoms with van der Waals surface area (Å²) in [7, 11) is 11.2. The van der Waals surface area contributed by atoms with E-state index in [0.717, 1.165) is 18.2 Å². The fourth-order valence-corrected chi connectivity index (χ4v) is 4.84. The molecular formula is C24H15B3F6O7S. The number of carbonyl (C=O) groups excluding carboxylic acids is 2. The summed E-state index contributed by atoms with van der Waals surface area (Å²) in [6.45, 7) is 0. The Morgan fingerprint density at radius 2 is 1.39 bits per heavy atom. The normalized spacial score (nSPS) is 12.8. The molecule has 3 aromatic rings. The second-order valence-electron chi connectivity index (χ2n) is 8.62. The predicted molar refractivity (Wildman–Crippen MR) is 136 cm³/mol. The molecule has 0 fully saturated rings. The van der Waals surface area contributed by atoms with E-state index in [1.165, 1.54) is 30.3 Å². The lowest BCUT2D eigenvalue weighted by atomic mass is 9.83. The van der Waals surface area contributed by atoms with Crippen molar-refractivity contribution in [2.24, 2.45) is 0 Å². The number of halogens is 6. The summed E-state index contributed by atoms with van der Waals surface area (Å²) in [6, 6.07) is 9.59. The van der Waals surface area contributed by atoms with Crippen molar-refractivity contribution in [1.82, 2.24) is 0 Å². The van der Waals surface area contributed by atoms with Crippen molar-refractivity contribution < 1.29 is 58.4 Å². The van der Waals surface area contributed by atoms with Crippen LogP contribution in [0.4, 0.5) is 26.3 Å². The molecule has 0 aliphatic rings. The number of rotatable bonds is 8. The zero-order chi connectivity index (χ0) is 31.0. The van der Waals surface area contributed by atoms with Crippen LogP contribution in [0.3, 0.4) is 0 Å². The fourth-order valence-electron chi connectivity index (χ4n) is 3.94. The molecule has 41 heavy (non-hydrogen) atoms.